The lowest BCUT2D eigenvalue weighted by Gasteiger charge is -2.28. The fourth-order valence-corrected chi connectivity index (χ4v) is 4.48. The first-order valence-corrected chi connectivity index (χ1v) is 11.5. The Morgan fingerprint density at radius 2 is 1.55 bits per heavy atom. The van der Waals surface area contributed by atoms with Crippen molar-refractivity contribution >= 4 is 44.7 Å². The summed E-state index contributed by atoms with van der Waals surface area (Å²) >= 11 is 4.43. The zero-order chi connectivity index (χ0) is 23.3. The molecule has 0 aromatic heterocycles. The molecule has 0 spiro atoms. The maximum Gasteiger partial charge on any atom is 0.408 e. The van der Waals surface area contributed by atoms with Gasteiger partial charge in [0.15, 0.2) is 0 Å². The van der Waals surface area contributed by atoms with Gasteiger partial charge >= 0.3 is 6.09 Å². The number of Topliss-reactive ketones (excluding diaryl/α,β-unsaturated/α-hetero) is 1. The summed E-state index contributed by atoms with van der Waals surface area (Å²) in [5, 5.41) is 2.43. The van der Waals surface area contributed by atoms with E-state index >= 15 is 0 Å². The molecule has 0 bridgehead atoms. The average Bonchev–Trinajstić information content (AvgIpc) is 2.63. The van der Waals surface area contributed by atoms with Crippen molar-refractivity contribution in [1.29, 1.82) is 0 Å². The Labute approximate surface area is 196 Å². The number of benzene rings is 2. The molecule has 0 heterocycles. The molecule has 0 fully saturated rings. The van der Waals surface area contributed by atoms with E-state index in [-0.39, 0.29) is 10.9 Å². The molecule has 0 radical (unpaired) electrons. The Balaban J connectivity index is 2.43. The van der Waals surface area contributed by atoms with E-state index < -0.39 is 23.7 Å². The van der Waals surface area contributed by atoms with Crippen LogP contribution in [-0.4, -0.2) is 22.6 Å². The molecule has 0 aliphatic rings. The second-order valence-corrected chi connectivity index (χ2v) is 10.3. The second-order valence-electron chi connectivity index (χ2n) is 8.41. The first-order valence-electron chi connectivity index (χ1n) is 9.92. The largest absolute Gasteiger partial charge is 0.444 e. The van der Waals surface area contributed by atoms with Crippen molar-refractivity contribution in [2.24, 2.45) is 5.92 Å². The Kier molecular flexibility index (Phi) is 8.49. The Hall–Kier alpha value is -2.12. The van der Waals surface area contributed by atoms with Crippen LogP contribution in [0.3, 0.4) is 0 Å². The molecule has 7 heteroatoms. The highest BCUT2D eigenvalue weighted by Gasteiger charge is 2.36. The number of ether oxygens (including phenoxy) is 1. The maximum absolute atomic E-state index is 13.3. The maximum atomic E-state index is 13.3. The summed E-state index contributed by atoms with van der Waals surface area (Å²) in [6.07, 6.45) is -0.684. The predicted molar refractivity (Wildman–Crippen MR) is 127 cm³/mol. The third-order valence-corrected chi connectivity index (χ3v) is 6.37. The first kappa shape index (κ1) is 25.1. The number of carbonyl (C=O) groups is 3. The fourth-order valence-electron chi connectivity index (χ4n) is 3.12. The highest BCUT2D eigenvalue weighted by molar-refractivity contribution is 9.10. The van der Waals surface area contributed by atoms with Gasteiger partial charge in [0.05, 0.1) is 6.04 Å². The lowest BCUT2D eigenvalue weighted by molar-refractivity contribution is -0.128. The van der Waals surface area contributed by atoms with Crippen molar-refractivity contribution in [1.82, 2.24) is 5.32 Å². The fraction of sp³-hybridized carbons (Fsp3) is 0.375. The molecule has 2 aromatic rings. The molecule has 1 unspecified atom stereocenters. The van der Waals surface area contributed by atoms with E-state index in [1.165, 1.54) is 6.92 Å². The summed E-state index contributed by atoms with van der Waals surface area (Å²) in [5.74, 6) is -1.40. The minimum absolute atomic E-state index is 0.325. The molecule has 0 saturated heterocycles. The van der Waals surface area contributed by atoms with Gasteiger partial charge in [-0.25, -0.2) is 4.79 Å². The number of amides is 1. The average molecular weight is 506 g/mol. The molecular formula is C24H28BrNO4S. The van der Waals surface area contributed by atoms with Crippen LogP contribution in [0.1, 0.15) is 50.4 Å². The number of rotatable bonds is 6. The van der Waals surface area contributed by atoms with E-state index in [4.69, 9.17) is 4.74 Å². The second kappa shape index (κ2) is 10.5. The molecule has 0 aliphatic carbocycles. The topological polar surface area (TPSA) is 72.5 Å². The van der Waals surface area contributed by atoms with Crippen LogP contribution < -0.4 is 5.32 Å². The number of halogens is 1. The Bertz CT molecular complexity index is 946. The van der Waals surface area contributed by atoms with Crippen LogP contribution in [0.25, 0.3) is 0 Å². The third-order valence-electron chi connectivity index (χ3n) is 4.54. The highest BCUT2D eigenvalue weighted by Crippen LogP contribution is 2.34. The first-order chi connectivity index (χ1) is 14.4. The molecule has 31 heavy (non-hydrogen) atoms. The van der Waals surface area contributed by atoms with Gasteiger partial charge in [-0.3, -0.25) is 9.59 Å². The van der Waals surface area contributed by atoms with Gasteiger partial charge in [-0.2, -0.15) is 0 Å². The van der Waals surface area contributed by atoms with Crippen molar-refractivity contribution < 1.29 is 19.1 Å². The predicted octanol–water partition coefficient (Wildman–Crippen LogP) is 6.16. The molecule has 166 valence electrons. The summed E-state index contributed by atoms with van der Waals surface area (Å²) in [4.78, 5) is 39.4. The van der Waals surface area contributed by atoms with E-state index in [9.17, 15) is 14.4 Å². The lowest BCUT2D eigenvalue weighted by Crippen LogP contribution is -2.41. The Morgan fingerprint density at radius 3 is 2.03 bits per heavy atom. The summed E-state index contributed by atoms with van der Waals surface area (Å²) < 4.78 is 6.24. The third kappa shape index (κ3) is 7.21. The van der Waals surface area contributed by atoms with Crippen molar-refractivity contribution in [2.45, 2.75) is 58.1 Å². The van der Waals surface area contributed by atoms with Crippen LogP contribution >= 0.6 is 27.7 Å². The minimum atomic E-state index is -1.07. The molecular weight excluding hydrogens is 478 g/mol. The smallest absolute Gasteiger partial charge is 0.408 e. The van der Waals surface area contributed by atoms with E-state index in [0.29, 0.717) is 5.56 Å². The van der Waals surface area contributed by atoms with Gasteiger partial charge in [-0.05, 0) is 70.4 Å². The molecule has 5 nitrogen and oxygen atoms in total. The van der Waals surface area contributed by atoms with E-state index in [2.05, 4.69) is 21.2 Å². The van der Waals surface area contributed by atoms with Gasteiger partial charge in [0.25, 0.3) is 0 Å². The van der Waals surface area contributed by atoms with E-state index in [1.54, 1.807) is 45.0 Å². The molecule has 1 N–H and O–H groups in total. The molecule has 0 aliphatic heterocycles. The van der Waals surface area contributed by atoms with Gasteiger partial charge in [-0.15, -0.1) is 0 Å². The van der Waals surface area contributed by atoms with Crippen molar-refractivity contribution in [2.75, 3.05) is 0 Å². The summed E-state index contributed by atoms with van der Waals surface area (Å²) in [5.41, 5.74) is 1.85. The van der Waals surface area contributed by atoms with Gasteiger partial charge in [-0.1, -0.05) is 58.0 Å². The SMILES string of the molecule is CC(=O)C(C(=O)Sc1c(C)cccc1C)[C@@H](NC(=O)OC(C)(C)C)c1ccc(Br)cc1. The Morgan fingerprint density at radius 1 is 1.00 bits per heavy atom. The molecule has 0 saturated carbocycles. The van der Waals surface area contributed by atoms with E-state index in [0.717, 1.165) is 32.3 Å². The number of alkyl carbamates (subject to hydrolysis) is 1. The van der Waals surface area contributed by atoms with Crippen molar-refractivity contribution in [3.63, 3.8) is 0 Å². The number of hydrogen-bond donors (Lipinski definition) is 1. The van der Waals surface area contributed by atoms with Gasteiger partial charge in [0, 0.05) is 9.37 Å². The monoisotopic (exact) mass is 505 g/mol. The standard InChI is InChI=1S/C24H28BrNO4S/c1-14-8-7-9-15(2)21(14)31-22(28)19(16(3)27)20(17-10-12-18(25)13-11-17)26-23(29)30-24(4,5)6/h7-13,19-20H,1-6H3,(H,26,29)/t19?,20-/m0/s1. The van der Waals surface area contributed by atoms with Gasteiger partial charge in [0.1, 0.15) is 17.3 Å². The van der Waals surface area contributed by atoms with Gasteiger partial charge < -0.3 is 10.1 Å². The lowest BCUT2D eigenvalue weighted by atomic mass is 9.91. The van der Waals surface area contributed by atoms with Crippen LogP contribution in [0.15, 0.2) is 51.8 Å². The van der Waals surface area contributed by atoms with Gasteiger partial charge in [0.2, 0.25) is 5.12 Å². The number of hydrogen-bond acceptors (Lipinski definition) is 5. The van der Waals surface area contributed by atoms with Crippen molar-refractivity contribution in [3.05, 3.63) is 63.6 Å². The number of ketones is 1. The summed E-state index contributed by atoms with van der Waals surface area (Å²) in [6, 6.07) is 12.1. The quantitative estimate of drug-likeness (QED) is 0.376. The molecule has 2 aromatic carbocycles. The normalized spacial score (nSPS) is 13.3. The highest BCUT2D eigenvalue weighted by atomic mass is 79.9. The molecule has 2 rings (SSSR count). The molecule has 1 amide bonds. The zero-order valence-electron chi connectivity index (χ0n) is 18.6. The number of thioether (sulfide) groups is 1. The van der Waals surface area contributed by atoms with E-state index in [1.807, 2.05) is 32.0 Å². The van der Waals surface area contributed by atoms with Crippen molar-refractivity contribution in [3.8, 4) is 0 Å². The van der Waals surface area contributed by atoms with Crippen LogP contribution in [0.2, 0.25) is 0 Å². The minimum Gasteiger partial charge on any atom is -0.444 e. The summed E-state index contributed by atoms with van der Waals surface area (Å²) in [6.45, 7) is 10.5. The van der Waals surface area contributed by atoms with Crippen LogP contribution in [0.4, 0.5) is 4.79 Å². The van der Waals surface area contributed by atoms with Crippen LogP contribution in [0, 0.1) is 19.8 Å². The number of carbonyl (C=O) groups excluding carboxylic acids is 3. The van der Waals surface area contributed by atoms with Crippen LogP contribution in [0.5, 0.6) is 0 Å². The number of nitrogens with one attached hydrogen (secondary N) is 1. The summed E-state index contributed by atoms with van der Waals surface area (Å²) in [7, 11) is 0. The molecule has 2 atom stereocenters. The zero-order valence-corrected chi connectivity index (χ0v) is 21.0. The van der Waals surface area contributed by atoms with Crippen LogP contribution in [-0.2, 0) is 14.3 Å². The number of aryl methyl sites for hydroxylation is 2.